The van der Waals surface area contributed by atoms with Crippen molar-refractivity contribution in [2.75, 3.05) is 6.61 Å². The van der Waals surface area contributed by atoms with E-state index in [9.17, 15) is 9.59 Å². The number of fused-ring (bicyclic) bond motifs is 1. The lowest BCUT2D eigenvalue weighted by Gasteiger charge is -2.18. The molecule has 2 amide bonds. The van der Waals surface area contributed by atoms with Crippen molar-refractivity contribution in [3.63, 3.8) is 0 Å². The molecule has 0 fully saturated rings. The minimum atomic E-state index is -0.484. The lowest BCUT2D eigenvalue weighted by atomic mass is 10.0. The van der Waals surface area contributed by atoms with Crippen molar-refractivity contribution < 1.29 is 19.1 Å². The maximum absolute atomic E-state index is 11.9. The summed E-state index contributed by atoms with van der Waals surface area (Å²) in [5.41, 5.74) is 5.77. The van der Waals surface area contributed by atoms with Gasteiger partial charge in [0.2, 0.25) is 0 Å². The molecule has 0 unspecified atom stereocenters. The lowest BCUT2D eigenvalue weighted by molar-refractivity contribution is -0.123. The fourth-order valence-electron chi connectivity index (χ4n) is 2.68. The van der Waals surface area contributed by atoms with Gasteiger partial charge in [0, 0.05) is 22.6 Å². The van der Waals surface area contributed by atoms with E-state index in [4.69, 9.17) is 21.1 Å². The molecule has 3 rings (SSSR count). The summed E-state index contributed by atoms with van der Waals surface area (Å²) in [6.07, 6.45) is 0.781. The molecule has 2 aromatic rings. The number of benzene rings is 2. The summed E-state index contributed by atoms with van der Waals surface area (Å²) >= 11 is 5.77. The molecule has 2 N–H and O–H groups in total. The van der Waals surface area contributed by atoms with Crippen molar-refractivity contribution in [1.29, 1.82) is 0 Å². The number of halogens is 1. The first kappa shape index (κ1) is 18.1. The maximum Gasteiger partial charge on any atom is 0.276 e. The molecule has 0 aliphatic carbocycles. The molecule has 7 heteroatoms. The van der Waals surface area contributed by atoms with Crippen LogP contribution in [0.5, 0.6) is 11.5 Å². The summed E-state index contributed by atoms with van der Waals surface area (Å²) in [6, 6.07) is 11.9. The van der Waals surface area contributed by atoms with E-state index in [1.165, 1.54) is 0 Å². The number of ether oxygens (including phenoxy) is 2. The van der Waals surface area contributed by atoms with Crippen molar-refractivity contribution >= 4 is 23.4 Å². The largest absolute Gasteiger partial charge is 0.483 e. The SMILES string of the molecule is CC1(C)Cc2cccc(OCC(=O)NNC(=O)c3ccc(Cl)cc3)c2O1. The summed E-state index contributed by atoms with van der Waals surface area (Å²) in [4.78, 5) is 23.9. The quantitative estimate of drug-likeness (QED) is 0.807. The van der Waals surface area contributed by atoms with Crippen LogP contribution in [0.25, 0.3) is 0 Å². The molecule has 0 atom stereocenters. The van der Waals surface area contributed by atoms with Gasteiger partial charge in [0.25, 0.3) is 11.8 Å². The predicted octanol–water partition coefficient (Wildman–Crippen LogP) is 2.89. The Labute approximate surface area is 156 Å². The van der Waals surface area contributed by atoms with Crippen LogP contribution in [0.2, 0.25) is 5.02 Å². The van der Waals surface area contributed by atoms with Crippen molar-refractivity contribution in [3.05, 3.63) is 58.6 Å². The number of para-hydroxylation sites is 1. The van der Waals surface area contributed by atoms with Gasteiger partial charge in [0.1, 0.15) is 5.60 Å². The highest BCUT2D eigenvalue weighted by molar-refractivity contribution is 6.30. The van der Waals surface area contributed by atoms with Crippen LogP contribution in [0, 0.1) is 0 Å². The van der Waals surface area contributed by atoms with Crippen LogP contribution in [0.1, 0.15) is 29.8 Å². The van der Waals surface area contributed by atoms with Gasteiger partial charge < -0.3 is 9.47 Å². The Hall–Kier alpha value is -2.73. The Kier molecular flexibility index (Phi) is 5.04. The molecule has 0 spiro atoms. The second-order valence-electron chi connectivity index (χ2n) is 6.58. The topological polar surface area (TPSA) is 76.7 Å². The highest BCUT2D eigenvalue weighted by atomic mass is 35.5. The predicted molar refractivity (Wildman–Crippen MR) is 97.4 cm³/mol. The molecule has 0 aromatic heterocycles. The van der Waals surface area contributed by atoms with Gasteiger partial charge in [0.05, 0.1) is 0 Å². The number of carbonyl (C=O) groups excluding carboxylic acids is 2. The zero-order chi connectivity index (χ0) is 18.7. The molecule has 0 radical (unpaired) electrons. The zero-order valence-electron chi connectivity index (χ0n) is 14.5. The number of amides is 2. The summed E-state index contributed by atoms with van der Waals surface area (Å²) < 4.78 is 11.4. The van der Waals surface area contributed by atoms with Crippen molar-refractivity contribution in [2.45, 2.75) is 25.9 Å². The minimum absolute atomic E-state index is 0.249. The van der Waals surface area contributed by atoms with Crippen LogP contribution in [0.15, 0.2) is 42.5 Å². The summed E-state index contributed by atoms with van der Waals surface area (Å²) in [5.74, 6) is 0.241. The molecule has 0 bridgehead atoms. The molecule has 6 nitrogen and oxygen atoms in total. The number of hydrogen-bond donors (Lipinski definition) is 2. The number of carbonyl (C=O) groups is 2. The van der Waals surface area contributed by atoms with Gasteiger partial charge in [-0.3, -0.25) is 20.4 Å². The van der Waals surface area contributed by atoms with Crippen LogP contribution in [-0.4, -0.2) is 24.0 Å². The van der Waals surface area contributed by atoms with Gasteiger partial charge in [-0.2, -0.15) is 0 Å². The van der Waals surface area contributed by atoms with Crippen LogP contribution in [0.4, 0.5) is 0 Å². The average molecular weight is 375 g/mol. The third kappa shape index (κ3) is 4.26. The van der Waals surface area contributed by atoms with E-state index < -0.39 is 11.8 Å². The molecule has 1 aliphatic heterocycles. The van der Waals surface area contributed by atoms with Gasteiger partial charge in [-0.25, -0.2) is 0 Å². The van der Waals surface area contributed by atoms with Gasteiger partial charge >= 0.3 is 0 Å². The first-order valence-electron chi connectivity index (χ1n) is 8.12. The van der Waals surface area contributed by atoms with E-state index in [1.54, 1.807) is 30.3 Å². The molecular weight excluding hydrogens is 356 g/mol. The summed E-state index contributed by atoms with van der Waals surface area (Å²) in [7, 11) is 0. The van der Waals surface area contributed by atoms with Crippen molar-refractivity contribution in [3.8, 4) is 11.5 Å². The Balaban J connectivity index is 1.52. The van der Waals surface area contributed by atoms with E-state index in [-0.39, 0.29) is 12.2 Å². The smallest absolute Gasteiger partial charge is 0.276 e. The first-order chi connectivity index (χ1) is 12.3. The summed E-state index contributed by atoms with van der Waals surface area (Å²) in [6.45, 7) is 3.74. The van der Waals surface area contributed by atoms with Gasteiger partial charge in [-0.05, 0) is 44.2 Å². The molecule has 1 aliphatic rings. The Morgan fingerprint density at radius 3 is 2.62 bits per heavy atom. The molecule has 26 heavy (non-hydrogen) atoms. The van der Waals surface area contributed by atoms with E-state index in [2.05, 4.69) is 10.9 Å². The highest BCUT2D eigenvalue weighted by Crippen LogP contribution is 2.41. The fourth-order valence-corrected chi connectivity index (χ4v) is 2.81. The Morgan fingerprint density at radius 1 is 1.15 bits per heavy atom. The second-order valence-corrected chi connectivity index (χ2v) is 7.02. The van der Waals surface area contributed by atoms with E-state index >= 15 is 0 Å². The van der Waals surface area contributed by atoms with E-state index in [0.29, 0.717) is 22.1 Å². The normalized spacial score (nSPS) is 14.1. The minimum Gasteiger partial charge on any atom is -0.483 e. The van der Waals surface area contributed by atoms with Gasteiger partial charge in [0.15, 0.2) is 18.1 Å². The van der Waals surface area contributed by atoms with Crippen molar-refractivity contribution in [1.82, 2.24) is 10.9 Å². The fraction of sp³-hybridized carbons (Fsp3) is 0.263. The number of hydrazine groups is 1. The van der Waals surface area contributed by atoms with Gasteiger partial charge in [-0.1, -0.05) is 23.7 Å². The highest BCUT2D eigenvalue weighted by Gasteiger charge is 2.32. The van der Waals surface area contributed by atoms with Crippen LogP contribution >= 0.6 is 11.6 Å². The monoisotopic (exact) mass is 374 g/mol. The molecule has 0 saturated heterocycles. The third-order valence-electron chi connectivity index (χ3n) is 3.84. The maximum atomic E-state index is 11.9. The number of nitrogens with one attached hydrogen (secondary N) is 2. The van der Waals surface area contributed by atoms with E-state index in [1.807, 2.05) is 26.0 Å². The molecule has 2 aromatic carbocycles. The zero-order valence-corrected chi connectivity index (χ0v) is 15.2. The Bertz CT molecular complexity index is 834. The molecular formula is C19H19ClN2O4. The third-order valence-corrected chi connectivity index (χ3v) is 4.09. The standard InChI is InChI=1S/C19H19ClN2O4/c1-19(2)10-13-4-3-5-15(17(13)26-19)25-11-16(23)21-22-18(24)12-6-8-14(20)9-7-12/h3-9H,10-11H2,1-2H3,(H,21,23)(H,22,24). The first-order valence-corrected chi connectivity index (χ1v) is 8.50. The lowest BCUT2D eigenvalue weighted by Crippen LogP contribution is -2.43. The second kappa shape index (κ2) is 7.25. The van der Waals surface area contributed by atoms with Crippen LogP contribution in [-0.2, 0) is 11.2 Å². The van der Waals surface area contributed by atoms with E-state index in [0.717, 1.165) is 12.0 Å². The molecule has 0 saturated carbocycles. The summed E-state index contributed by atoms with van der Waals surface area (Å²) in [5, 5.41) is 0.528. The number of rotatable bonds is 4. The molecule has 1 heterocycles. The Morgan fingerprint density at radius 2 is 1.88 bits per heavy atom. The van der Waals surface area contributed by atoms with Crippen LogP contribution < -0.4 is 20.3 Å². The van der Waals surface area contributed by atoms with Crippen LogP contribution in [0.3, 0.4) is 0 Å². The molecule has 136 valence electrons. The number of hydrogen-bond acceptors (Lipinski definition) is 4. The van der Waals surface area contributed by atoms with Gasteiger partial charge in [-0.15, -0.1) is 0 Å². The van der Waals surface area contributed by atoms with Crippen molar-refractivity contribution in [2.24, 2.45) is 0 Å². The average Bonchev–Trinajstić information content (AvgIpc) is 2.92.